The van der Waals surface area contributed by atoms with E-state index in [0.29, 0.717) is 0 Å². The fourth-order valence-electron chi connectivity index (χ4n) is 2.24. The molecule has 0 radical (unpaired) electrons. The summed E-state index contributed by atoms with van der Waals surface area (Å²) in [6, 6.07) is 0. The van der Waals surface area contributed by atoms with E-state index in [-0.39, 0.29) is 0 Å². The fourth-order valence-corrected chi connectivity index (χ4v) is 2.24. The first-order valence-corrected chi connectivity index (χ1v) is 9.24. The van der Waals surface area contributed by atoms with Crippen molar-refractivity contribution in [2.75, 3.05) is 52.4 Å². The highest BCUT2D eigenvalue weighted by atomic mass is 15.0. The highest BCUT2D eigenvalue weighted by Crippen LogP contribution is 2.05. The lowest BCUT2D eigenvalue weighted by Crippen LogP contribution is -2.39. The van der Waals surface area contributed by atoms with Gasteiger partial charge in [-0.05, 0) is 0 Å². The van der Waals surface area contributed by atoms with Gasteiger partial charge in [0.25, 0.3) is 0 Å². The summed E-state index contributed by atoms with van der Waals surface area (Å²) in [4.78, 5) is 0. The minimum Gasteiger partial charge on any atom is -0.314 e. The second-order valence-corrected chi connectivity index (χ2v) is 5.77. The summed E-state index contributed by atoms with van der Waals surface area (Å²) in [7, 11) is 0. The quantitative estimate of drug-likeness (QED) is 0.568. The van der Waals surface area contributed by atoms with Crippen LogP contribution in [0.4, 0.5) is 0 Å². The molecule has 0 aromatic rings. The predicted molar refractivity (Wildman–Crippen MR) is 95.1 cm³/mol. The molecule has 0 aliphatic carbocycles. The molecular formula is C17H40N4. The Balaban J connectivity index is 0.000000400. The molecule has 1 rings (SSSR count). The Kier molecular flexibility index (Phi) is 19.7. The molecule has 128 valence electrons. The van der Waals surface area contributed by atoms with Crippen LogP contribution in [0, 0.1) is 0 Å². The van der Waals surface area contributed by atoms with E-state index in [1.54, 1.807) is 0 Å². The minimum absolute atomic E-state index is 1.07. The maximum absolute atomic E-state index is 3.36. The largest absolute Gasteiger partial charge is 0.314 e. The van der Waals surface area contributed by atoms with Crippen molar-refractivity contribution in [1.29, 1.82) is 0 Å². The molecule has 1 heterocycles. The van der Waals surface area contributed by atoms with Gasteiger partial charge in [0.05, 0.1) is 0 Å². The van der Waals surface area contributed by atoms with E-state index < -0.39 is 0 Å². The molecule has 0 aromatic heterocycles. The van der Waals surface area contributed by atoms with Crippen LogP contribution in [-0.2, 0) is 0 Å². The maximum atomic E-state index is 3.36. The topological polar surface area (TPSA) is 48.1 Å². The summed E-state index contributed by atoms with van der Waals surface area (Å²) in [5.74, 6) is 0. The third-order valence-corrected chi connectivity index (χ3v) is 3.62. The van der Waals surface area contributed by atoms with E-state index in [4.69, 9.17) is 0 Å². The summed E-state index contributed by atoms with van der Waals surface area (Å²) < 4.78 is 0. The molecule has 0 unspecified atom stereocenters. The molecule has 1 aliphatic rings. The van der Waals surface area contributed by atoms with Crippen molar-refractivity contribution >= 4 is 0 Å². The normalized spacial score (nSPS) is 18.0. The molecule has 1 saturated heterocycles. The molecule has 0 atom stereocenters. The molecule has 0 amide bonds. The van der Waals surface area contributed by atoms with Gasteiger partial charge in [0.1, 0.15) is 0 Å². The number of hydrogen-bond donors (Lipinski definition) is 4. The van der Waals surface area contributed by atoms with Gasteiger partial charge >= 0.3 is 0 Å². The Morgan fingerprint density at radius 3 is 0.905 bits per heavy atom. The van der Waals surface area contributed by atoms with Gasteiger partial charge in [-0.2, -0.15) is 0 Å². The Hall–Kier alpha value is -0.160. The van der Waals surface area contributed by atoms with Crippen LogP contribution in [0.2, 0.25) is 0 Å². The van der Waals surface area contributed by atoms with Crippen molar-refractivity contribution in [1.82, 2.24) is 21.3 Å². The first-order valence-electron chi connectivity index (χ1n) is 9.24. The molecule has 0 saturated carbocycles. The van der Waals surface area contributed by atoms with Crippen molar-refractivity contribution in [2.45, 2.75) is 58.8 Å². The Morgan fingerprint density at radius 1 is 0.429 bits per heavy atom. The summed E-state index contributed by atoms with van der Waals surface area (Å²) in [5.41, 5.74) is 0. The van der Waals surface area contributed by atoms with Crippen LogP contribution in [0.15, 0.2) is 0 Å². The third kappa shape index (κ3) is 19.8. The lowest BCUT2D eigenvalue weighted by molar-refractivity contribution is 0.534. The van der Waals surface area contributed by atoms with Crippen molar-refractivity contribution in [2.24, 2.45) is 0 Å². The van der Waals surface area contributed by atoms with Gasteiger partial charge in [0.15, 0.2) is 0 Å². The van der Waals surface area contributed by atoms with Crippen LogP contribution in [0.3, 0.4) is 0 Å². The van der Waals surface area contributed by atoms with Crippen molar-refractivity contribution in [3.63, 3.8) is 0 Å². The van der Waals surface area contributed by atoms with Crippen LogP contribution in [-0.4, -0.2) is 52.4 Å². The van der Waals surface area contributed by atoms with Gasteiger partial charge in [-0.15, -0.1) is 0 Å². The zero-order chi connectivity index (χ0) is 15.4. The monoisotopic (exact) mass is 300 g/mol. The minimum atomic E-state index is 1.07. The van der Waals surface area contributed by atoms with E-state index in [9.17, 15) is 0 Å². The van der Waals surface area contributed by atoms with Gasteiger partial charge in [-0.25, -0.2) is 0 Å². The molecule has 21 heavy (non-hydrogen) atoms. The van der Waals surface area contributed by atoms with Gasteiger partial charge in [-0.3, -0.25) is 0 Å². The van der Waals surface area contributed by atoms with E-state index in [2.05, 4.69) is 35.1 Å². The lowest BCUT2D eigenvalue weighted by Gasteiger charge is -2.11. The summed E-state index contributed by atoms with van der Waals surface area (Å²) >= 11 is 0. The molecule has 4 nitrogen and oxygen atoms in total. The van der Waals surface area contributed by atoms with Crippen LogP contribution < -0.4 is 21.3 Å². The fraction of sp³-hybridized carbons (Fsp3) is 1.00. The molecule has 0 bridgehead atoms. The molecule has 0 spiro atoms. The van der Waals surface area contributed by atoms with Crippen LogP contribution >= 0.6 is 0 Å². The average Bonchev–Trinajstić information content (AvgIpc) is 2.48. The standard InChI is InChI=1S/C9H20.C8H20N4/c1-3-5-7-9-8-6-4-2;1-2-10-5-6-12-8-7-11-4-3-9-1/h3-9H2,1-2H3;9-12H,1-8H2. The van der Waals surface area contributed by atoms with E-state index in [1.807, 2.05) is 0 Å². The second-order valence-electron chi connectivity index (χ2n) is 5.77. The van der Waals surface area contributed by atoms with Gasteiger partial charge in [-0.1, -0.05) is 58.8 Å². The number of rotatable bonds is 6. The molecule has 4 heteroatoms. The third-order valence-electron chi connectivity index (χ3n) is 3.62. The molecular weight excluding hydrogens is 260 g/mol. The summed E-state index contributed by atoms with van der Waals surface area (Å²) in [6.45, 7) is 13.1. The van der Waals surface area contributed by atoms with E-state index in [0.717, 1.165) is 52.4 Å². The van der Waals surface area contributed by atoms with Crippen LogP contribution in [0.5, 0.6) is 0 Å². The van der Waals surface area contributed by atoms with Crippen molar-refractivity contribution in [3.8, 4) is 0 Å². The Morgan fingerprint density at radius 2 is 0.667 bits per heavy atom. The van der Waals surface area contributed by atoms with E-state index >= 15 is 0 Å². The van der Waals surface area contributed by atoms with Gasteiger partial charge in [0, 0.05) is 52.4 Å². The van der Waals surface area contributed by atoms with Crippen molar-refractivity contribution in [3.05, 3.63) is 0 Å². The number of hydrogen-bond acceptors (Lipinski definition) is 4. The summed E-state index contributed by atoms with van der Waals surface area (Å²) in [6.07, 6.45) is 9.97. The van der Waals surface area contributed by atoms with Gasteiger partial charge in [0.2, 0.25) is 0 Å². The predicted octanol–water partition coefficient (Wildman–Crippen LogP) is 2.12. The second kappa shape index (κ2) is 19.8. The highest BCUT2D eigenvalue weighted by Gasteiger charge is 1.92. The van der Waals surface area contributed by atoms with Crippen LogP contribution in [0.1, 0.15) is 58.8 Å². The highest BCUT2D eigenvalue weighted by molar-refractivity contribution is 4.59. The maximum Gasteiger partial charge on any atom is 0.00772 e. The average molecular weight is 301 g/mol. The van der Waals surface area contributed by atoms with Gasteiger partial charge < -0.3 is 21.3 Å². The zero-order valence-electron chi connectivity index (χ0n) is 14.6. The van der Waals surface area contributed by atoms with Crippen molar-refractivity contribution < 1.29 is 0 Å². The molecule has 0 aromatic carbocycles. The molecule has 4 N–H and O–H groups in total. The van der Waals surface area contributed by atoms with E-state index in [1.165, 1.54) is 44.9 Å². The summed E-state index contributed by atoms with van der Waals surface area (Å²) in [5, 5.41) is 13.4. The Labute approximate surface area is 133 Å². The first-order chi connectivity index (χ1) is 10.4. The lowest BCUT2D eigenvalue weighted by atomic mass is 10.1. The SMILES string of the molecule is C1CNCCNCCNCCN1.CCCCCCCCC. The number of unbranched alkanes of at least 4 members (excludes halogenated alkanes) is 6. The number of nitrogens with one attached hydrogen (secondary N) is 4. The molecule has 1 fully saturated rings. The smallest absolute Gasteiger partial charge is 0.00772 e. The molecule has 1 aliphatic heterocycles. The first kappa shape index (κ1) is 20.8. The Bertz CT molecular complexity index is 127. The zero-order valence-corrected chi connectivity index (χ0v) is 14.6. The van der Waals surface area contributed by atoms with Crippen LogP contribution in [0.25, 0.3) is 0 Å².